The van der Waals surface area contributed by atoms with Crippen LogP contribution in [0.2, 0.25) is 0 Å². The summed E-state index contributed by atoms with van der Waals surface area (Å²) in [4.78, 5) is 12.4. The van der Waals surface area contributed by atoms with E-state index in [4.69, 9.17) is 18.9 Å². The Morgan fingerprint density at radius 3 is 2.11 bits per heavy atom. The second kappa shape index (κ2) is 9.16. The van der Waals surface area contributed by atoms with Crippen LogP contribution in [0.5, 0.6) is 23.0 Å². The molecule has 2 aromatic rings. The van der Waals surface area contributed by atoms with E-state index in [2.05, 4.69) is 5.32 Å². The average molecular weight is 373 g/mol. The van der Waals surface area contributed by atoms with Crippen LogP contribution in [0.3, 0.4) is 0 Å². The minimum atomic E-state index is -0.617. The molecule has 2 rings (SSSR count). The number of aryl methyl sites for hydroxylation is 2. The lowest BCUT2D eigenvalue weighted by molar-refractivity contribution is -0.127. The summed E-state index contributed by atoms with van der Waals surface area (Å²) in [5.74, 6) is 2.07. The Labute approximate surface area is 160 Å². The number of nitrogens with one attached hydrogen (secondary N) is 1. The van der Waals surface area contributed by atoms with Crippen molar-refractivity contribution >= 4 is 5.91 Å². The van der Waals surface area contributed by atoms with Gasteiger partial charge in [-0.25, -0.2) is 0 Å². The zero-order valence-corrected chi connectivity index (χ0v) is 16.7. The monoisotopic (exact) mass is 373 g/mol. The highest BCUT2D eigenvalue weighted by molar-refractivity contribution is 5.80. The molecule has 0 aromatic heterocycles. The van der Waals surface area contributed by atoms with E-state index in [0.29, 0.717) is 29.5 Å². The molecule has 1 N–H and O–H groups in total. The van der Waals surface area contributed by atoms with Crippen molar-refractivity contribution in [2.75, 3.05) is 21.3 Å². The van der Waals surface area contributed by atoms with Gasteiger partial charge in [0.05, 0.1) is 21.3 Å². The van der Waals surface area contributed by atoms with Crippen LogP contribution in [0.1, 0.15) is 23.6 Å². The first-order valence-electron chi connectivity index (χ1n) is 8.70. The second-order valence-corrected chi connectivity index (χ2v) is 6.26. The molecule has 0 aliphatic carbocycles. The number of hydrogen-bond acceptors (Lipinski definition) is 5. The number of methoxy groups -OCH3 is 3. The zero-order chi connectivity index (χ0) is 20.0. The van der Waals surface area contributed by atoms with E-state index in [1.807, 2.05) is 32.0 Å². The predicted octanol–water partition coefficient (Wildman–Crippen LogP) is 3.41. The second-order valence-electron chi connectivity index (χ2n) is 6.26. The number of amides is 1. The lowest BCUT2D eigenvalue weighted by Crippen LogP contribution is -2.35. The Kier molecular flexibility index (Phi) is 6.93. The van der Waals surface area contributed by atoms with Gasteiger partial charge in [-0.3, -0.25) is 4.79 Å². The lowest BCUT2D eigenvalue weighted by atomic mass is 10.1. The van der Waals surface area contributed by atoms with Gasteiger partial charge in [0.15, 0.2) is 17.6 Å². The van der Waals surface area contributed by atoms with Crippen molar-refractivity contribution in [2.45, 2.75) is 33.4 Å². The minimum Gasteiger partial charge on any atom is -0.493 e. The van der Waals surface area contributed by atoms with Gasteiger partial charge >= 0.3 is 0 Å². The van der Waals surface area contributed by atoms with Gasteiger partial charge in [-0.2, -0.15) is 0 Å². The van der Waals surface area contributed by atoms with Gasteiger partial charge in [-0.1, -0.05) is 6.07 Å². The van der Waals surface area contributed by atoms with Crippen LogP contribution in [0.25, 0.3) is 0 Å². The summed E-state index contributed by atoms with van der Waals surface area (Å²) in [6.07, 6.45) is -0.617. The topological polar surface area (TPSA) is 66.0 Å². The zero-order valence-electron chi connectivity index (χ0n) is 16.7. The maximum atomic E-state index is 12.4. The van der Waals surface area contributed by atoms with Gasteiger partial charge in [0, 0.05) is 6.54 Å². The first kappa shape index (κ1) is 20.4. The van der Waals surface area contributed by atoms with Gasteiger partial charge in [0.25, 0.3) is 5.91 Å². The van der Waals surface area contributed by atoms with Gasteiger partial charge in [0.2, 0.25) is 5.75 Å². The van der Waals surface area contributed by atoms with Crippen molar-refractivity contribution in [3.8, 4) is 23.0 Å². The van der Waals surface area contributed by atoms with Gasteiger partial charge in [0.1, 0.15) is 5.75 Å². The number of benzene rings is 2. The quantitative estimate of drug-likeness (QED) is 0.768. The fourth-order valence-electron chi connectivity index (χ4n) is 2.62. The fraction of sp³-hybridized carbons (Fsp3) is 0.381. The molecule has 0 bridgehead atoms. The summed E-state index contributed by atoms with van der Waals surface area (Å²) in [6, 6.07) is 9.38. The highest BCUT2D eigenvalue weighted by atomic mass is 16.5. The molecule has 0 saturated carbocycles. The Balaban J connectivity index is 2.02. The predicted molar refractivity (Wildman–Crippen MR) is 104 cm³/mol. The van der Waals surface area contributed by atoms with E-state index in [-0.39, 0.29) is 5.91 Å². The van der Waals surface area contributed by atoms with E-state index in [1.54, 1.807) is 40.4 Å². The number of carbonyl (C=O) groups excluding carboxylic acids is 1. The Bertz CT molecular complexity index is 778. The van der Waals surface area contributed by atoms with Gasteiger partial charge in [-0.15, -0.1) is 0 Å². The third-order valence-electron chi connectivity index (χ3n) is 4.35. The molecular weight excluding hydrogens is 346 g/mol. The van der Waals surface area contributed by atoms with Crippen molar-refractivity contribution in [1.29, 1.82) is 0 Å². The van der Waals surface area contributed by atoms with E-state index in [1.165, 1.54) is 5.56 Å². The molecule has 0 aliphatic rings. The van der Waals surface area contributed by atoms with Gasteiger partial charge in [-0.05, 0) is 61.7 Å². The van der Waals surface area contributed by atoms with Crippen LogP contribution in [0.4, 0.5) is 0 Å². The highest BCUT2D eigenvalue weighted by Gasteiger charge is 2.17. The molecule has 0 heterocycles. The van der Waals surface area contributed by atoms with E-state index in [9.17, 15) is 4.79 Å². The standard InChI is InChI=1S/C21H27NO5/c1-13-7-8-17(9-14(13)2)27-15(3)21(23)22-12-16-10-18(24-4)20(26-6)19(11-16)25-5/h7-11,15H,12H2,1-6H3,(H,22,23)/t15-/m0/s1. The average Bonchev–Trinajstić information content (AvgIpc) is 2.67. The van der Waals surface area contributed by atoms with Crippen LogP contribution < -0.4 is 24.3 Å². The largest absolute Gasteiger partial charge is 0.493 e. The van der Waals surface area contributed by atoms with Crippen LogP contribution in [0.15, 0.2) is 30.3 Å². The molecule has 1 atom stereocenters. The van der Waals surface area contributed by atoms with Crippen molar-refractivity contribution in [3.05, 3.63) is 47.0 Å². The lowest BCUT2D eigenvalue weighted by Gasteiger charge is -2.17. The molecule has 0 spiro atoms. The van der Waals surface area contributed by atoms with Gasteiger partial charge < -0.3 is 24.3 Å². The molecule has 1 amide bonds. The third kappa shape index (κ3) is 5.06. The molecule has 6 nitrogen and oxygen atoms in total. The van der Waals surface area contributed by atoms with Crippen molar-refractivity contribution in [3.63, 3.8) is 0 Å². The Hall–Kier alpha value is -2.89. The molecule has 2 aromatic carbocycles. The molecule has 146 valence electrons. The van der Waals surface area contributed by atoms with Crippen molar-refractivity contribution in [2.24, 2.45) is 0 Å². The molecule has 6 heteroatoms. The van der Waals surface area contributed by atoms with Crippen molar-refractivity contribution in [1.82, 2.24) is 5.32 Å². The first-order chi connectivity index (χ1) is 12.9. The molecular formula is C21H27NO5. The molecule has 0 aliphatic heterocycles. The molecule has 27 heavy (non-hydrogen) atoms. The Morgan fingerprint density at radius 2 is 1.59 bits per heavy atom. The SMILES string of the molecule is COc1cc(CNC(=O)[C@H](C)Oc2ccc(C)c(C)c2)cc(OC)c1OC. The van der Waals surface area contributed by atoms with Crippen LogP contribution >= 0.6 is 0 Å². The summed E-state index contributed by atoms with van der Waals surface area (Å²) >= 11 is 0. The molecule has 0 saturated heterocycles. The summed E-state index contributed by atoms with van der Waals surface area (Å²) in [5.41, 5.74) is 3.13. The van der Waals surface area contributed by atoms with Crippen molar-refractivity contribution < 1.29 is 23.7 Å². The summed E-state index contributed by atoms with van der Waals surface area (Å²) < 4.78 is 21.7. The summed E-state index contributed by atoms with van der Waals surface area (Å²) in [6.45, 7) is 6.08. The third-order valence-corrected chi connectivity index (χ3v) is 4.35. The van der Waals surface area contributed by atoms with Crippen LogP contribution in [-0.4, -0.2) is 33.3 Å². The molecule has 0 radical (unpaired) electrons. The normalized spacial score (nSPS) is 11.5. The molecule has 0 unspecified atom stereocenters. The maximum absolute atomic E-state index is 12.4. The number of carbonyl (C=O) groups is 1. The van der Waals surface area contributed by atoms with Crippen LogP contribution in [0, 0.1) is 13.8 Å². The minimum absolute atomic E-state index is 0.207. The van der Waals surface area contributed by atoms with E-state index < -0.39 is 6.10 Å². The summed E-state index contributed by atoms with van der Waals surface area (Å²) in [5, 5.41) is 2.87. The highest BCUT2D eigenvalue weighted by Crippen LogP contribution is 2.38. The Morgan fingerprint density at radius 1 is 0.963 bits per heavy atom. The summed E-state index contributed by atoms with van der Waals surface area (Å²) in [7, 11) is 4.66. The van der Waals surface area contributed by atoms with E-state index in [0.717, 1.165) is 11.1 Å². The number of hydrogen-bond donors (Lipinski definition) is 1. The smallest absolute Gasteiger partial charge is 0.261 e. The fourth-order valence-corrected chi connectivity index (χ4v) is 2.62. The first-order valence-corrected chi connectivity index (χ1v) is 8.70. The van der Waals surface area contributed by atoms with E-state index >= 15 is 0 Å². The number of rotatable bonds is 8. The maximum Gasteiger partial charge on any atom is 0.261 e. The number of ether oxygens (including phenoxy) is 4. The van der Waals surface area contributed by atoms with Crippen LogP contribution in [-0.2, 0) is 11.3 Å². The molecule has 0 fully saturated rings.